The molecule has 0 aliphatic carbocycles. The van der Waals surface area contributed by atoms with E-state index in [9.17, 15) is 4.79 Å². The summed E-state index contributed by atoms with van der Waals surface area (Å²) in [5, 5.41) is 1.10. The molecular formula is C20H19N2NoO-. The van der Waals surface area contributed by atoms with Gasteiger partial charge in [-0.1, -0.05) is 36.4 Å². The van der Waals surface area contributed by atoms with E-state index >= 15 is 0 Å². The number of pyridine rings is 1. The van der Waals surface area contributed by atoms with Crippen LogP contribution >= 0.6 is 0 Å². The summed E-state index contributed by atoms with van der Waals surface area (Å²) in [6.45, 7) is 2.02. The second-order valence-electron chi connectivity index (χ2n) is 6.01. The topological polar surface area (TPSA) is 25.2 Å². The van der Waals surface area contributed by atoms with Gasteiger partial charge in [0.2, 0.25) is 0 Å². The van der Waals surface area contributed by atoms with Crippen molar-refractivity contribution in [3.8, 4) is 5.69 Å². The van der Waals surface area contributed by atoms with Gasteiger partial charge in [-0.15, -0.1) is 17.1 Å². The first-order chi connectivity index (χ1) is 11.3. The molecule has 0 atom stereocenters. The maximum absolute atomic E-state index is 12.8. The Morgan fingerprint density at radius 1 is 0.833 bits per heavy atom. The van der Waals surface area contributed by atoms with Crippen molar-refractivity contribution < 1.29 is 0 Å². The van der Waals surface area contributed by atoms with Crippen LogP contribution in [0, 0.1) is 6.07 Å². The molecule has 2 aromatic carbocycles. The van der Waals surface area contributed by atoms with Gasteiger partial charge in [-0.05, 0) is 36.9 Å². The van der Waals surface area contributed by atoms with Crippen LogP contribution in [0.15, 0.2) is 59.4 Å². The number of para-hydroxylation sites is 2. The molecule has 1 aliphatic rings. The predicted molar refractivity (Wildman–Crippen MR) is 94.4 cm³/mol. The van der Waals surface area contributed by atoms with Crippen molar-refractivity contribution >= 4 is 16.6 Å². The number of rotatable bonds is 2. The largest absolute Gasteiger partial charge is 0.404 e. The fourth-order valence-corrected chi connectivity index (χ4v) is 3.40. The molecule has 0 saturated carbocycles. The third-order valence-corrected chi connectivity index (χ3v) is 4.52. The molecule has 0 spiro atoms. The third-order valence-electron chi connectivity index (χ3n) is 4.52. The molecule has 130 valence electrons. The van der Waals surface area contributed by atoms with Gasteiger partial charge in [0.15, 0.2) is 5.56 Å². The summed E-state index contributed by atoms with van der Waals surface area (Å²) in [6.07, 6.45) is 3.64. The van der Waals surface area contributed by atoms with Crippen molar-refractivity contribution in [3.05, 3.63) is 71.0 Å². The number of nitrogens with zero attached hydrogens (tertiary/aromatic N) is 2. The Labute approximate surface area is 135 Å². The SMILES string of the molecule is O=c1[c-]c(N2CCCCC2)c2ccccc2n1-c1ccccc1.[No]. The van der Waals surface area contributed by atoms with Crippen LogP contribution in [0.1, 0.15) is 19.3 Å². The molecule has 24 heavy (non-hydrogen) atoms. The second kappa shape index (κ2) is 6.29. The summed E-state index contributed by atoms with van der Waals surface area (Å²) in [5.74, 6) is 0. The first kappa shape index (κ1) is 15.3. The number of benzene rings is 2. The Morgan fingerprint density at radius 3 is 2.25 bits per heavy atom. The molecular weight excluding hydrogens is 543 g/mol. The molecule has 4 rings (SSSR count). The smallest absolute Gasteiger partial charge is 0.165 e. The van der Waals surface area contributed by atoms with Gasteiger partial charge >= 0.3 is 0 Å². The van der Waals surface area contributed by atoms with E-state index in [0.29, 0.717) is 0 Å². The minimum Gasteiger partial charge on any atom is -0.404 e. The van der Waals surface area contributed by atoms with E-state index in [-0.39, 0.29) is 5.56 Å². The van der Waals surface area contributed by atoms with E-state index in [1.165, 1.54) is 19.3 Å². The number of aromatic nitrogens is 1. The van der Waals surface area contributed by atoms with Crippen molar-refractivity contribution in [1.82, 2.24) is 4.57 Å². The molecule has 1 saturated heterocycles. The summed E-state index contributed by atoms with van der Waals surface area (Å²) in [7, 11) is 0. The molecule has 0 unspecified atom stereocenters. The number of hydrogen-bond acceptors (Lipinski definition) is 2. The monoisotopic (exact) mass is 562 g/mol. The Hall–Kier alpha value is -3.55. The van der Waals surface area contributed by atoms with Crippen LogP contribution in [0.4, 0.5) is 5.69 Å². The van der Waals surface area contributed by atoms with Crippen LogP contribution in [0.2, 0.25) is 0 Å². The van der Waals surface area contributed by atoms with E-state index in [4.69, 9.17) is 0 Å². The second-order valence-corrected chi connectivity index (χ2v) is 6.01. The summed E-state index contributed by atoms with van der Waals surface area (Å²) in [5.41, 5.74) is 2.70. The predicted octanol–water partition coefficient (Wildman–Crippen LogP) is 3.78. The number of hydrogen-bond donors (Lipinski definition) is 0. The molecule has 1 aliphatic heterocycles. The normalized spacial score (nSPS) is 14.4. The van der Waals surface area contributed by atoms with Gasteiger partial charge in [-0.25, -0.2) is 0 Å². The average molecular weight is 562 g/mol. The minimum atomic E-state index is -0.0875. The van der Waals surface area contributed by atoms with Crippen molar-refractivity contribution in [2.24, 2.45) is 0 Å². The molecule has 0 bridgehead atoms. The van der Waals surface area contributed by atoms with Gasteiger partial charge in [0.1, 0.15) is 0 Å². The van der Waals surface area contributed by atoms with Crippen molar-refractivity contribution in [1.29, 1.82) is 0 Å². The fourth-order valence-electron chi connectivity index (χ4n) is 3.40. The molecule has 0 radical (unpaired) electrons. The van der Waals surface area contributed by atoms with E-state index in [1.54, 1.807) is 4.57 Å². The van der Waals surface area contributed by atoms with Crippen molar-refractivity contribution in [2.45, 2.75) is 19.3 Å². The van der Waals surface area contributed by atoms with Crippen LogP contribution in [0.5, 0.6) is 0 Å². The van der Waals surface area contributed by atoms with Gasteiger partial charge in [-0.3, -0.25) is 4.79 Å². The Kier molecular flexibility index (Phi) is 4.02. The van der Waals surface area contributed by atoms with Crippen LogP contribution in [-0.2, 0) is 0 Å². The zero-order chi connectivity index (χ0) is 15.6. The molecule has 0 amide bonds. The molecule has 1 aromatic heterocycles. The maximum Gasteiger partial charge on any atom is 0.165 e. The first-order valence-corrected chi connectivity index (χ1v) is 8.22. The van der Waals surface area contributed by atoms with Gasteiger partial charge in [-0.2, -0.15) is 6.07 Å². The third kappa shape index (κ3) is 2.50. The Morgan fingerprint density at radius 2 is 1.50 bits per heavy atom. The Balaban J connectivity index is 0.00000169. The number of piperidine rings is 1. The van der Waals surface area contributed by atoms with Gasteiger partial charge in [0, 0.05) is 18.8 Å². The molecule has 3 nitrogen and oxygen atoms in total. The zero-order valence-corrected chi connectivity index (χ0v) is 15.5. The van der Waals surface area contributed by atoms with Crippen molar-refractivity contribution in [2.75, 3.05) is 18.0 Å². The molecule has 4 heteroatoms. The van der Waals surface area contributed by atoms with Crippen LogP contribution in [0.3, 0.4) is 0 Å². The van der Waals surface area contributed by atoms with Crippen LogP contribution in [-0.4, -0.2) is 17.7 Å². The molecule has 0 N–H and O–H groups in total. The summed E-state index contributed by atoms with van der Waals surface area (Å²) < 4.78 is 1.75. The molecule has 2 heterocycles. The zero-order valence-electron chi connectivity index (χ0n) is 13.3. The van der Waals surface area contributed by atoms with Crippen molar-refractivity contribution in [3.63, 3.8) is 0 Å². The van der Waals surface area contributed by atoms with E-state index < -0.39 is 0 Å². The average Bonchev–Trinajstić information content (AvgIpc) is 2.62. The van der Waals surface area contributed by atoms with Gasteiger partial charge in [0.05, 0.1) is 0 Å². The van der Waals surface area contributed by atoms with Crippen LogP contribution < -0.4 is 10.5 Å². The van der Waals surface area contributed by atoms with E-state index in [0.717, 1.165) is 35.4 Å². The Bertz CT molecular complexity index is 883. The summed E-state index contributed by atoms with van der Waals surface area (Å²) in [6, 6.07) is 21.0. The first-order valence-electron chi connectivity index (χ1n) is 8.22. The fraction of sp³-hybridized carbons (Fsp3) is 0.250. The minimum absolute atomic E-state index is 0. The van der Waals surface area contributed by atoms with Gasteiger partial charge < -0.3 is 9.47 Å². The number of fused-ring (bicyclic) bond motifs is 1. The quantitative estimate of drug-likeness (QED) is 0.445. The van der Waals surface area contributed by atoms with Gasteiger partial charge in [0.25, 0.3) is 0 Å². The summed E-state index contributed by atoms with van der Waals surface area (Å²) in [4.78, 5) is 15.1. The number of anilines is 1. The standard InChI is InChI=1S/C20H19N2O.No/c23-20-15-19(21-13-7-2-8-14-21)17-11-5-6-12-18(17)22(20)16-9-3-1-4-10-16;/h1,3-6,9-12H,2,7-8,13-14H2;/q-1;. The summed E-state index contributed by atoms with van der Waals surface area (Å²) >= 11 is 0. The van der Waals surface area contributed by atoms with Crippen LogP contribution in [0.25, 0.3) is 16.6 Å². The van der Waals surface area contributed by atoms with E-state index in [2.05, 4.69) is 17.0 Å². The molecule has 3 aromatic rings. The maximum atomic E-state index is 12.8. The molecule has 1 fully saturated rings. The van der Waals surface area contributed by atoms with E-state index in [1.807, 2.05) is 48.5 Å².